The lowest BCUT2D eigenvalue weighted by Gasteiger charge is -2.17. The van der Waals surface area contributed by atoms with Crippen LogP contribution in [0, 0.1) is 18.8 Å². The minimum absolute atomic E-state index is 0.00379. The molecule has 1 aromatic rings. The molecule has 3 N–H and O–H groups in total. The first-order chi connectivity index (χ1) is 9.96. The van der Waals surface area contributed by atoms with E-state index in [2.05, 4.69) is 19.2 Å². The number of hydrogen-bond acceptors (Lipinski definition) is 3. The third-order valence-corrected chi connectivity index (χ3v) is 3.32. The van der Waals surface area contributed by atoms with Gasteiger partial charge in [0.15, 0.2) is 0 Å². The maximum absolute atomic E-state index is 12.2. The fraction of sp³-hybridized carbons (Fsp3) is 0.588. The van der Waals surface area contributed by atoms with Crippen LogP contribution in [-0.4, -0.2) is 19.1 Å². The van der Waals surface area contributed by atoms with E-state index >= 15 is 0 Å². The minimum atomic E-state index is -0.00379. The van der Waals surface area contributed by atoms with Crippen LogP contribution in [0.5, 0.6) is 5.75 Å². The van der Waals surface area contributed by atoms with Gasteiger partial charge in [0.2, 0.25) is 5.91 Å². The summed E-state index contributed by atoms with van der Waals surface area (Å²) in [6, 6.07) is 5.79. The molecule has 1 rings (SSSR count). The Balaban J connectivity index is 2.69. The van der Waals surface area contributed by atoms with Crippen LogP contribution < -0.4 is 15.8 Å². The van der Waals surface area contributed by atoms with Gasteiger partial charge in [-0.15, -0.1) is 0 Å². The summed E-state index contributed by atoms with van der Waals surface area (Å²) in [5, 5.41) is 2.94. The number of hydrogen-bond donors (Lipinski definition) is 2. The minimum Gasteiger partial charge on any atom is -0.492 e. The SMILES string of the molecule is CCOc1cc(C)ccc1NC(=O)C[C@@H](CN)CC(C)C. The molecule has 0 heterocycles. The standard InChI is InChI=1S/C17H28N2O2/c1-5-21-16-9-13(4)6-7-15(16)19-17(20)10-14(11-18)8-12(2)3/h6-7,9,12,14H,5,8,10-11,18H2,1-4H3,(H,19,20)/t14-/m0/s1. The molecule has 0 fully saturated rings. The summed E-state index contributed by atoms with van der Waals surface area (Å²) < 4.78 is 5.58. The zero-order valence-corrected chi connectivity index (χ0v) is 13.6. The molecule has 4 heteroatoms. The summed E-state index contributed by atoms with van der Waals surface area (Å²) in [4.78, 5) is 12.2. The molecule has 118 valence electrons. The highest BCUT2D eigenvalue weighted by Crippen LogP contribution is 2.26. The molecule has 0 aromatic heterocycles. The van der Waals surface area contributed by atoms with Crippen molar-refractivity contribution in [3.05, 3.63) is 23.8 Å². The lowest BCUT2D eigenvalue weighted by molar-refractivity contribution is -0.117. The van der Waals surface area contributed by atoms with E-state index in [0.29, 0.717) is 25.5 Å². The van der Waals surface area contributed by atoms with Crippen molar-refractivity contribution in [2.24, 2.45) is 17.6 Å². The summed E-state index contributed by atoms with van der Waals surface area (Å²) in [6.07, 6.45) is 1.42. The van der Waals surface area contributed by atoms with Crippen LogP contribution >= 0.6 is 0 Å². The number of nitrogens with one attached hydrogen (secondary N) is 1. The third kappa shape index (κ3) is 6.17. The normalized spacial score (nSPS) is 12.3. The van der Waals surface area contributed by atoms with Gasteiger partial charge in [-0.2, -0.15) is 0 Å². The monoisotopic (exact) mass is 292 g/mol. The number of nitrogens with two attached hydrogens (primary N) is 1. The molecule has 0 aliphatic heterocycles. The van der Waals surface area contributed by atoms with Gasteiger partial charge in [0.05, 0.1) is 12.3 Å². The quantitative estimate of drug-likeness (QED) is 0.772. The third-order valence-electron chi connectivity index (χ3n) is 3.32. The number of carbonyl (C=O) groups is 1. The predicted octanol–water partition coefficient (Wildman–Crippen LogP) is 3.34. The summed E-state index contributed by atoms with van der Waals surface area (Å²) in [6.45, 7) is 9.34. The van der Waals surface area contributed by atoms with Gasteiger partial charge in [0.1, 0.15) is 5.75 Å². The summed E-state index contributed by atoms with van der Waals surface area (Å²) in [7, 11) is 0. The Kier molecular flexibility index (Phi) is 7.23. The van der Waals surface area contributed by atoms with Gasteiger partial charge in [0.25, 0.3) is 0 Å². The van der Waals surface area contributed by atoms with Crippen LogP contribution in [0.15, 0.2) is 18.2 Å². The van der Waals surface area contributed by atoms with E-state index in [1.165, 1.54) is 0 Å². The van der Waals surface area contributed by atoms with Crippen molar-refractivity contribution in [2.75, 3.05) is 18.5 Å². The van der Waals surface area contributed by atoms with Gasteiger partial charge in [-0.3, -0.25) is 4.79 Å². The van der Waals surface area contributed by atoms with Crippen LogP contribution in [-0.2, 0) is 4.79 Å². The summed E-state index contributed by atoms with van der Waals surface area (Å²) in [5.74, 6) is 1.49. The average molecular weight is 292 g/mol. The molecule has 1 amide bonds. The zero-order valence-electron chi connectivity index (χ0n) is 13.6. The van der Waals surface area contributed by atoms with Crippen LogP contribution in [0.3, 0.4) is 0 Å². The van der Waals surface area contributed by atoms with Gasteiger partial charge < -0.3 is 15.8 Å². The topological polar surface area (TPSA) is 64.3 Å². The second-order valence-electron chi connectivity index (χ2n) is 5.92. The predicted molar refractivity (Wildman–Crippen MR) is 87.6 cm³/mol. The number of ether oxygens (including phenoxy) is 1. The maximum atomic E-state index is 12.2. The Labute approximate surface area is 128 Å². The first kappa shape index (κ1) is 17.5. The maximum Gasteiger partial charge on any atom is 0.224 e. The molecule has 0 saturated heterocycles. The Bertz CT molecular complexity index is 458. The molecule has 0 spiro atoms. The van der Waals surface area contributed by atoms with Crippen molar-refractivity contribution in [3.63, 3.8) is 0 Å². The van der Waals surface area contributed by atoms with E-state index in [9.17, 15) is 4.79 Å². The number of aryl methyl sites for hydroxylation is 1. The number of anilines is 1. The molecular formula is C17H28N2O2. The Morgan fingerprint density at radius 2 is 2.10 bits per heavy atom. The number of rotatable bonds is 8. The molecule has 21 heavy (non-hydrogen) atoms. The van der Waals surface area contributed by atoms with E-state index < -0.39 is 0 Å². The van der Waals surface area contributed by atoms with Crippen molar-refractivity contribution in [1.29, 1.82) is 0 Å². The highest BCUT2D eigenvalue weighted by Gasteiger charge is 2.15. The van der Waals surface area contributed by atoms with Crippen molar-refractivity contribution >= 4 is 11.6 Å². The van der Waals surface area contributed by atoms with Crippen molar-refractivity contribution in [1.82, 2.24) is 0 Å². The fourth-order valence-corrected chi connectivity index (χ4v) is 2.40. The molecule has 0 unspecified atom stereocenters. The van der Waals surface area contributed by atoms with Gasteiger partial charge in [-0.05, 0) is 56.3 Å². The Morgan fingerprint density at radius 1 is 1.38 bits per heavy atom. The average Bonchev–Trinajstić information content (AvgIpc) is 2.41. The van der Waals surface area contributed by atoms with Crippen LogP contribution in [0.2, 0.25) is 0 Å². The summed E-state index contributed by atoms with van der Waals surface area (Å²) in [5.41, 5.74) is 7.59. The van der Waals surface area contributed by atoms with Gasteiger partial charge in [-0.25, -0.2) is 0 Å². The number of carbonyl (C=O) groups excluding carboxylic acids is 1. The summed E-state index contributed by atoms with van der Waals surface area (Å²) >= 11 is 0. The van der Waals surface area contributed by atoms with E-state index in [0.717, 1.165) is 23.4 Å². The first-order valence-electron chi connectivity index (χ1n) is 7.69. The molecule has 0 aliphatic carbocycles. The smallest absolute Gasteiger partial charge is 0.224 e. The molecule has 0 aliphatic rings. The zero-order chi connectivity index (χ0) is 15.8. The molecule has 0 radical (unpaired) electrons. The largest absolute Gasteiger partial charge is 0.492 e. The molecule has 1 aromatic carbocycles. The van der Waals surface area contributed by atoms with Crippen LogP contribution in [0.1, 0.15) is 39.2 Å². The molecule has 0 saturated carbocycles. The molecule has 1 atom stereocenters. The molecule has 0 bridgehead atoms. The van der Waals surface area contributed by atoms with Gasteiger partial charge in [-0.1, -0.05) is 19.9 Å². The highest BCUT2D eigenvalue weighted by atomic mass is 16.5. The van der Waals surface area contributed by atoms with Crippen LogP contribution in [0.4, 0.5) is 5.69 Å². The van der Waals surface area contributed by atoms with E-state index in [4.69, 9.17) is 10.5 Å². The van der Waals surface area contributed by atoms with Gasteiger partial charge in [0, 0.05) is 6.42 Å². The fourth-order valence-electron chi connectivity index (χ4n) is 2.40. The van der Waals surface area contributed by atoms with Crippen molar-refractivity contribution < 1.29 is 9.53 Å². The Hall–Kier alpha value is -1.55. The lowest BCUT2D eigenvalue weighted by atomic mass is 9.94. The van der Waals surface area contributed by atoms with E-state index in [-0.39, 0.29) is 11.8 Å². The number of amides is 1. The highest BCUT2D eigenvalue weighted by molar-refractivity contribution is 5.92. The van der Waals surface area contributed by atoms with Crippen molar-refractivity contribution in [2.45, 2.75) is 40.5 Å². The molecular weight excluding hydrogens is 264 g/mol. The van der Waals surface area contributed by atoms with Gasteiger partial charge >= 0.3 is 0 Å². The van der Waals surface area contributed by atoms with E-state index in [1.807, 2.05) is 32.0 Å². The second kappa shape index (κ2) is 8.67. The van der Waals surface area contributed by atoms with Crippen LogP contribution in [0.25, 0.3) is 0 Å². The Morgan fingerprint density at radius 3 is 2.67 bits per heavy atom. The molecule has 4 nitrogen and oxygen atoms in total. The first-order valence-corrected chi connectivity index (χ1v) is 7.69. The van der Waals surface area contributed by atoms with Crippen molar-refractivity contribution in [3.8, 4) is 5.75 Å². The second-order valence-corrected chi connectivity index (χ2v) is 5.92. The van der Waals surface area contributed by atoms with E-state index in [1.54, 1.807) is 0 Å². The number of benzene rings is 1. The lowest BCUT2D eigenvalue weighted by Crippen LogP contribution is -2.23.